The van der Waals surface area contributed by atoms with Crippen molar-refractivity contribution in [3.8, 4) is 0 Å². The molecule has 0 saturated heterocycles. The van der Waals surface area contributed by atoms with Gasteiger partial charge in [-0.1, -0.05) is 69.1 Å². The van der Waals surface area contributed by atoms with Crippen LogP contribution in [0.4, 0.5) is 0 Å². The quantitative estimate of drug-likeness (QED) is 0.274. The highest BCUT2D eigenvalue weighted by Gasteiger charge is 2.20. The normalized spacial score (nSPS) is 12.8. The van der Waals surface area contributed by atoms with Crippen LogP contribution in [0, 0.1) is 0 Å². The molecular weight excluding hydrogens is 372 g/mol. The minimum atomic E-state index is -0.0880. The van der Waals surface area contributed by atoms with Gasteiger partial charge in [-0.15, -0.1) is 0 Å². The lowest BCUT2D eigenvalue weighted by molar-refractivity contribution is 0.372. The van der Waals surface area contributed by atoms with Crippen molar-refractivity contribution in [3.05, 3.63) is 46.3 Å². The predicted octanol–water partition coefficient (Wildman–Crippen LogP) is 5.34. The Labute approximate surface area is 169 Å². The van der Waals surface area contributed by atoms with E-state index in [2.05, 4.69) is 17.1 Å². The summed E-state index contributed by atoms with van der Waals surface area (Å²) in [6.07, 6.45) is 4.41. The van der Waals surface area contributed by atoms with Crippen molar-refractivity contribution in [1.82, 2.24) is 19.7 Å². The largest absolute Gasteiger partial charge is 0.338 e. The second-order valence-electron chi connectivity index (χ2n) is 7.33. The highest BCUT2D eigenvalue weighted by molar-refractivity contribution is 7.99. The molecule has 3 aromatic rings. The van der Waals surface area contributed by atoms with E-state index in [0.717, 1.165) is 18.4 Å². The van der Waals surface area contributed by atoms with Gasteiger partial charge in [-0.05, 0) is 25.5 Å². The highest BCUT2D eigenvalue weighted by Crippen LogP contribution is 2.33. The van der Waals surface area contributed by atoms with Gasteiger partial charge in [0, 0.05) is 12.5 Å². The van der Waals surface area contributed by atoms with Gasteiger partial charge in [-0.3, -0.25) is 9.36 Å². The molecule has 2 heterocycles. The summed E-state index contributed by atoms with van der Waals surface area (Å²) in [4.78, 5) is 22.4. The van der Waals surface area contributed by atoms with Gasteiger partial charge >= 0.3 is 0 Å². The first kappa shape index (κ1) is 20.6. The van der Waals surface area contributed by atoms with Crippen LogP contribution >= 0.6 is 11.8 Å². The topological polar surface area (TPSA) is 73.8 Å². The summed E-state index contributed by atoms with van der Waals surface area (Å²) in [6, 6.07) is 7.52. The van der Waals surface area contributed by atoms with E-state index in [9.17, 15) is 4.79 Å². The number of para-hydroxylation sites is 1. The van der Waals surface area contributed by atoms with E-state index in [4.69, 9.17) is 9.51 Å². The Morgan fingerprint density at radius 2 is 1.89 bits per heavy atom. The maximum Gasteiger partial charge on any atom is 0.262 e. The van der Waals surface area contributed by atoms with Crippen LogP contribution in [0.15, 0.2) is 38.7 Å². The maximum atomic E-state index is 13.1. The van der Waals surface area contributed by atoms with Crippen molar-refractivity contribution in [1.29, 1.82) is 0 Å². The van der Waals surface area contributed by atoms with Gasteiger partial charge in [-0.25, -0.2) is 4.98 Å². The van der Waals surface area contributed by atoms with E-state index < -0.39 is 0 Å². The molecule has 1 atom stereocenters. The molecule has 0 fully saturated rings. The number of unbranched alkanes of at least 4 members (excludes halogenated alkanes) is 3. The molecule has 0 aliphatic carbocycles. The molecule has 1 unspecified atom stereocenters. The summed E-state index contributed by atoms with van der Waals surface area (Å²) < 4.78 is 7.24. The summed E-state index contributed by atoms with van der Waals surface area (Å²) in [5.74, 6) is 1.48. The Hall–Kier alpha value is -2.15. The maximum absolute atomic E-state index is 13.1. The van der Waals surface area contributed by atoms with Gasteiger partial charge in [0.1, 0.15) is 0 Å². The minimum Gasteiger partial charge on any atom is -0.338 e. The van der Waals surface area contributed by atoms with Gasteiger partial charge in [0.15, 0.2) is 11.0 Å². The number of benzene rings is 1. The van der Waals surface area contributed by atoms with E-state index in [-0.39, 0.29) is 16.7 Å². The average Bonchev–Trinajstić information content (AvgIpc) is 3.18. The van der Waals surface area contributed by atoms with Crippen molar-refractivity contribution in [2.24, 2.45) is 0 Å². The number of aromatic nitrogens is 4. The Bertz CT molecular complexity index is 980. The van der Waals surface area contributed by atoms with Crippen LogP contribution in [0.2, 0.25) is 0 Å². The van der Waals surface area contributed by atoms with E-state index in [1.165, 1.54) is 24.6 Å². The molecule has 0 N–H and O–H groups in total. The van der Waals surface area contributed by atoms with Crippen molar-refractivity contribution >= 4 is 22.7 Å². The Kier molecular flexibility index (Phi) is 6.88. The SMILES string of the molecule is CCCCCCn1c(SC(C)c2nc(C(C)C)no2)nc2ccccc2c1=O. The predicted molar refractivity (Wildman–Crippen MR) is 113 cm³/mol. The standard InChI is InChI=1S/C21H28N4O2S/c1-5-6-7-10-13-25-20(26)16-11-8-9-12-17(16)22-21(25)28-15(4)19-23-18(14(2)3)24-27-19/h8-9,11-12,14-15H,5-7,10,13H2,1-4H3. The number of nitrogens with zero attached hydrogens (tertiary/aromatic N) is 4. The van der Waals surface area contributed by atoms with Crippen LogP contribution in [0.3, 0.4) is 0 Å². The molecule has 1 aromatic carbocycles. The molecule has 28 heavy (non-hydrogen) atoms. The van der Waals surface area contributed by atoms with Gasteiger partial charge in [-0.2, -0.15) is 4.98 Å². The van der Waals surface area contributed by atoms with Gasteiger partial charge in [0.05, 0.1) is 16.2 Å². The Morgan fingerprint density at radius 1 is 1.11 bits per heavy atom. The van der Waals surface area contributed by atoms with E-state index in [0.29, 0.717) is 28.8 Å². The number of rotatable bonds is 9. The lowest BCUT2D eigenvalue weighted by Crippen LogP contribution is -2.23. The molecule has 2 aromatic heterocycles. The van der Waals surface area contributed by atoms with Crippen LogP contribution in [0.5, 0.6) is 0 Å². The fourth-order valence-electron chi connectivity index (χ4n) is 2.99. The summed E-state index contributed by atoms with van der Waals surface area (Å²) in [5, 5.41) is 5.33. The van der Waals surface area contributed by atoms with Crippen molar-refractivity contribution in [3.63, 3.8) is 0 Å². The number of hydrogen-bond donors (Lipinski definition) is 0. The van der Waals surface area contributed by atoms with Crippen LogP contribution in [0.25, 0.3) is 10.9 Å². The van der Waals surface area contributed by atoms with E-state index in [1.807, 2.05) is 45.0 Å². The Morgan fingerprint density at radius 3 is 2.61 bits per heavy atom. The molecular formula is C21H28N4O2S. The second-order valence-corrected chi connectivity index (χ2v) is 8.64. The molecule has 3 rings (SSSR count). The molecule has 150 valence electrons. The average molecular weight is 401 g/mol. The highest BCUT2D eigenvalue weighted by atomic mass is 32.2. The van der Waals surface area contributed by atoms with Crippen molar-refractivity contribution in [2.75, 3.05) is 0 Å². The molecule has 0 aliphatic rings. The number of thioether (sulfide) groups is 1. The zero-order chi connectivity index (χ0) is 20.1. The fourth-order valence-corrected chi connectivity index (χ4v) is 3.95. The molecule has 7 heteroatoms. The van der Waals surface area contributed by atoms with Crippen LogP contribution in [-0.4, -0.2) is 19.7 Å². The summed E-state index contributed by atoms with van der Waals surface area (Å²) in [7, 11) is 0. The van der Waals surface area contributed by atoms with Gasteiger partial charge in [0.25, 0.3) is 5.56 Å². The lowest BCUT2D eigenvalue weighted by atomic mass is 10.2. The lowest BCUT2D eigenvalue weighted by Gasteiger charge is -2.14. The molecule has 0 aliphatic heterocycles. The smallest absolute Gasteiger partial charge is 0.262 e. The zero-order valence-corrected chi connectivity index (χ0v) is 17.8. The van der Waals surface area contributed by atoms with Crippen LogP contribution in [0.1, 0.15) is 76.3 Å². The second kappa shape index (κ2) is 9.37. The zero-order valence-electron chi connectivity index (χ0n) is 17.0. The van der Waals surface area contributed by atoms with Crippen LogP contribution < -0.4 is 5.56 Å². The molecule has 0 bridgehead atoms. The van der Waals surface area contributed by atoms with Crippen molar-refractivity contribution < 1.29 is 4.52 Å². The molecule has 0 saturated carbocycles. The molecule has 0 amide bonds. The van der Waals surface area contributed by atoms with Crippen molar-refractivity contribution in [2.45, 2.75) is 76.2 Å². The summed E-state index contributed by atoms with van der Waals surface area (Å²) >= 11 is 1.50. The number of hydrogen-bond acceptors (Lipinski definition) is 6. The molecule has 6 nitrogen and oxygen atoms in total. The minimum absolute atomic E-state index is 0.0187. The molecule has 0 radical (unpaired) electrons. The van der Waals surface area contributed by atoms with Gasteiger partial charge < -0.3 is 4.52 Å². The van der Waals surface area contributed by atoms with Gasteiger partial charge in [0.2, 0.25) is 5.89 Å². The summed E-state index contributed by atoms with van der Waals surface area (Å²) in [5.41, 5.74) is 0.741. The number of fused-ring (bicyclic) bond motifs is 1. The molecule has 0 spiro atoms. The summed E-state index contributed by atoms with van der Waals surface area (Å²) in [6.45, 7) is 8.93. The monoisotopic (exact) mass is 400 g/mol. The third-order valence-corrected chi connectivity index (χ3v) is 5.74. The Balaban J connectivity index is 1.91. The third kappa shape index (κ3) is 4.63. The van der Waals surface area contributed by atoms with Crippen LogP contribution in [-0.2, 0) is 6.54 Å². The van der Waals surface area contributed by atoms with E-state index >= 15 is 0 Å². The fraction of sp³-hybridized carbons (Fsp3) is 0.524. The third-order valence-electron chi connectivity index (χ3n) is 4.67. The van der Waals surface area contributed by atoms with E-state index in [1.54, 1.807) is 4.57 Å². The first-order valence-corrected chi connectivity index (χ1v) is 10.9. The first-order chi connectivity index (χ1) is 13.5. The first-order valence-electron chi connectivity index (χ1n) is 10.0.